The fraction of sp³-hybridized carbons (Fsp3) is 0.389. The van der Waals surface area contributed by atoms with E-state index in [0.717, 1.165) is 25.7 Å². The molecule has 1 aromatic heterocycles. The highest BCUT2D eigenvalue weighted by Gasteiger charge is 2.25. The molecule has 10 heteroatoms. The molecule has 1 aromatic carbocycles. The van der Waals surface area contributed by atoms with Crippen LogP contribution in [0.4, 0.5) is 5.69 Å². The minimum absolute atomic E-state index is 0.000140. The molecule has 2 aromatic rings. The van der Waals surface area contributed by atoms with Gasteiger partial charge in [-0.1, -0.05) is 11.6 Å². The summed E-state index contributed by atoms with van der Waals surface area (Å²) < 4.78 is 10.9. The van der Waals surface area contributed by atoms with Crippen LogP contribution in [0.1, 0.15) is 36.0 Å². The zero-order valence-electron chi connectivity index (χ0n) is 15.1. The van der Waals surface area contributed by atoms with Crippen molar-refractivity contribution in [1.82, 2.24) is 15.3 Å². The molecule has 0 atom stereocenters. The van der Waals surface area contributed by atoms with Crippen molar-refractivity contribution in [2.24, 2.45) is 0 Å². The van der Waals surface area contributed by atoms with Crippen molar-refractivity contribution in [2.75, 3.05) is 7.11 Å². The normalized spacial score (nSPS) is 18.9. The van der Waals surface area contributed by atoms with Gasteiger partial charge in [0.1, 0.15) is 11.1 Å². The van der Waals surface area contributed by atoms with Crippen molar-refractivity contribution < 1.29 is 19.2 Å². The third kappa shape index (κ3) is 4.86. The number of carbonyl (C=O) groups excluding carboxylic acids is 1. The molecule has 1 aliphatic carbocycles. The molecule has 0 saturated heterocycles. The van der Waals surface area contributed by atoms with E-state index < -0.39 is 4.92 Å². The number of halogens is 1. The Bertz CT molecular complexity index is 871. The Morgan fingerprint density at radius 2 is 1.96 bits per heavy atom. The van der Waals surface area contributed by atoms with Crippen molar-refractivity contribution in [3.05, 3.63) is 51.3 Å². The summed E-state index contributed by atoms with van der Waals surface area (Å²) in [6.07, 6.45) is 5.94. The number of amides is 1. The molecule has 9 nitrogen and oxygen atoms in total. The first-order chi connectivity index (χ1) is 13.5. The molecular formula is C18H19ClN4O5. The van der Waals surface area contributed by atoms with E-state index in [2.05, 4.69) is 15.3 Å². The van der Waals surface area contributed by atoms with Gasteiger partial charge in [-0.3, -0.25) is 19.9 Å². The summed E-state index contributed by atoms with van der Waals surface area (Å²) in [6.45, 7) is 0. The van der Waals surface area contributed by atoms with Gasteiger partial charge in [0.05, 0.1) is 24.4 Å². The number of hydrogen-bond donors (Lipinski definition) is 1. The van der Waals surface area contributed by atoms with Gasteiger partial charge in [0, 0.05) is 17.7 Å². The predicted octanol–water partition coefficient (Wildman–Crippen LogP) is 3.17. The lowest BCUT2D eigenvalue weighted by Crippen LogP contribution is -2.39. The van der Waals surface area contributed by atoms with Gasteiger partial charge in [0.2, 0.25) is 11.8 Å². The van der Waals surface area contributed by atoms with Crippen molar-refractivity contribution in [3.63, 3.8) is 0 Å². The summed E-state index contributed by atoms with van der Waals surface area (Å²) in [5, 5.41) is 13.9. The van der Waals surface area contributed by atoms with Crippen molar-refractivity contribution >= 4 is 23.2 Å². The Balaban J connectivity index is 1.53. The maximum Gasteiger partial charge on any atom is 0.288 e. The molecule has 1 heterocycles. The van der Waals surface area contributed by atoms with Gasteiger partial charge in [-0.25, -0.2) is 0 Å². The summed E-state index contributed by atoms with van der Waals surface area (Å²) in [6, 6.07) is 3.99. The maximum atomic E-state index is 12.4. The topological polar surface area (TPSA) is 116 Å². The quantitative estimate of drug-likeness (QED) is 0.578. The van der Waals surface area contributed by atoms with Gasteiger partial charge in [-0.05, 0) is 37.8 Å². The second kappa shape index (κ2) is 8.83. The number of nitrogens with zero attached hydrogens (tertiary/aromatic N) is 3. The summed E-state index contributed by atoms with van der Waals surface area (Å²) in [4.78, 5) is 31.0. The molecule has 3 rings (SSSR count). The highest BCUT2D eigenvalue weighted by molar-refractivity contribution is 6.32. The standard InChI is InChI=1S/C18H19ClN4O5/c1-27-16-9-20-10-17(22-16)28-13-5-3-12(4-6-13)21-18(24)11-2-7-14(19)15(8-11)23(25)26/h2,7-10,12-13H,3-6H2,1H3,(H,21,24). The van der Waals surface area contributed by atoms with E-state index in [1.807, 2.05) is 0 Å². The fourth-order valence-electron chi connectivity index (χ4n) is 3.04. The second-order valence-corrected chi connectivity index (χ2v) is 6.80. The van der Waals surface area contributed by atoms with Crippen molar-refractivity contribution in [2.45, 2.75) is 37.8 Å². The van der Waals surface area contributed by atoms with Crippen LogP contribution in [0, 0.1) is 10.1 Å². The van der Waals surface area contributed by atoms with Crippen LogP contribution in [-0.4, -0.2) is 40.1 Å². The number of aromatic nitrogens is 2. The molecule has 1 saturated carbocycles. The average molecular weight is 407 g/mol. The minimum atomic E-state index is -0.608. The first-order valence-electron chi connectivity index (χ1n) is 8.73. The molecule has 0 aliphatic heterocycles. The van der Waals surface area contributed by atoms with Crippen LogP contribution < -0.4 is 14.8 Å². The van der Waals surface area contributed by atoms with Crippen LogP contribution in [0.15, 0.2) is 30.6 Å². The van der Waals surface area contributed by atoms with Crippen molar-refractivity contribution in [1.29, 1.82) is 0 Å². The number of nitrogens with one attached hydrogen (secondary N) is 1. The fourth-order valence-corrected chi connectivity index (χ4v) is 3.23. The van der Waals surface area contributed by atoms with Gasteiger partial charge >= 0.3 is 0 Å². The monoisotopic (exact) mass is 406 g/mol. The minimum Gasteiger partial charge on any atom is -0.480 e. The van der Waals surface area contributed by atoms with E-state index in [0.29, 0.717) is 11.8 Å². The Kier molecular flexibility index (Phi) is 6.25. The summed E-state index contributed by atoms with van der Waals surface area (Å²) in [5.74, 6) is 0.429. The Morgan fingerprint density at radius 1 is 1.25 bits per heavy atom. The van der Waals surface area contributed by atoms with E-state index in [9.17, 15) is 14.9 Å². The van der Waals surface area contributed by atoms with Gasteiger partial charge in [-0.2, -0.15) is 4.98 Å². The number of methoxy groups -OCH3 is 1. The average Bonchev–Trinajstić information content (AvgIpc) is 2.69. The predicted molar refractivity (Wildman–Crippen MR) is 101 cm³/mol. The van der Waals surface area contributed by atoms with Crippen LogP contribution in [-0.2, 0) is 0 Å². The zero-order valence-corrected chi connectivity index (χ0v) is 15.9. The number of nitro groups is 1. The lowest BCUT2D eigenvalue weighted by atomic mass is 9.92. The molecule has 0 bridgehead atoms. The number of ether oxygens (including phenoxy) is 2. The molecule has 0 unspecified atom stereocenters. The molecule has 1 amide bonds. The van der Waals surface area contributed by atoms with Gasteiger partial charge < -0.3 is 14.8 Å². The van der Waals surface area contributed by atoms with E-state index in [4.69, 9.17) is 21.1 Å². The molecule has 28 heavy (non-hydrogen) atoms. The van der Waals surface area contributed by atoms with Crippen LogP contribution in [0.3, 0.4) is 0 Å². The van der Waals surface area contributed by atoms with E-state index in [1.165, 1.54) is 37.7 Å². The summed E-state index contributed by atoms with van der Waals surface area (Å²) >= 11 is 5.78. The SMILES string of the molecule is COc1cncc(OC2CCC(NC(=O)c3ccc(Cl)c([N+](=O)[O-])c3)CC2)n1. The molecule has 0 spiro atoms. The molecular weight excluding hydrogens is 388 g/mol. The van der Waals surface area contributed by atoms with Crippen molar-refractivity contribution in [3.8, 4) is 11.8 Å². The van der Waals surface area contributed by atoms with E-state index in [1.54, 1.807) is 0 Å². The molecule has 0 radical (unpaired) electrons. The summed E-state index contributed by atoms with van der Waals surface area (Å²) in [5.41, 5.74) is -0.0769. The zero-order chi connectivity index (χ0) is 20.1. The number of carbonyl (C=O) groups is 1. The van der Waals surface area contributed by atoms with Crippen LogP contribution in [0.5, 0.6) is 11.8 Å². The number of rotatable bonds is 6. The summed E-state index contributed by atoms with van der Waals surface area (Å²) in [7, 11) is 1.51. The number of hydrogen-bond acceptors (Lipinski definition) is 7. The molecule has 1 fully saturated rings. The lowest BCUT2D eigenvalue weighted by molar-refractivity contribution is -0.384. The smallest absolute Gasteiger partial charge is 0.288 e. The van der Waals surface area contributed by atoms with E-state index in [-0.39, 0.29) is 34.3 Å². The molecule has 148 valence electrons. The van der Waals surface area contributed by atoms with Crippen LogP contribution >= 0.6 is 11.6 Å². The van der Waals surface area contributed by atoms with Gasteiger partial charge in [0.15, 0.2) is 0 Å². The third-order valence-electron chi connectivity index (χ3n) is 4.50. The van der Waals surface area contributed by atoms with Gasteiger partial charge in [0.25, 0.3) is 11.6 Å². The Morgan fingerprint density at radius 3 is 2.64 bits per heavy atom. The Labute approximate surface area is 166 Å². The largest absolute Gasteiger partial charge is 0.480 e. The first-order valence-corrected chi connectivity index (χ1v) is 9.11. The highest BCUT2D eigenvalue weighted by Crippen LogP contribution is 2.26. The highest BCUT2D eigenvalue weighted by atomic mass is 35.5. The number of benzene rings is 1. The second-order valence-electron chi connectivity index (χ2n) is 6.39. The maximum absolute atomic E-state index is 12.4. The number of nitro benzene ring substituents is 1. The van der Waals surface area contributed by atoms with Gasteiger partial charge in [-0.15, -0.1) is 0 Å². The van der Waals surface area contributed by atoms with Crippen LogP contribution in [0.2, 0.25) is 5.02 Å². The van der Waals surface area contributed by atoms with E-state index >= 15 is 0 Å². The lowest BCUT2D eigenvalue weighted by Gasteiger charge is -2.29. The molecule has 1 N–H and O–H groups in total. The Hall–Kier alpha value is -2.94. The third-order valence-corrected chi connectivity index (χ3v) is 4.82. The molecule has 1 aliphatic rings. The van der Waals surface area contributed by atoms with Crippen LogP contribution in [0.25, 0.3) is 0 Å². The first kappa shape index (κ1) is 19.8.